The molecule has 3 heterocycles. The van der Waals surface area contributed by atoms with E-state index >= 15 is 0 Å². The predicted octanol–water partition coefficient (Wildman–Crippen LogP) is 4.97. The number of halogens is 1. The summed E-state index contributed by atoms with van der Waals surface area (Å²) >= 11 is 0. The molecule has 4 aromatic rings. The Labute approximate surface area is 236 Å². The molecule has 6 rings (SSSR count). The quantitative estimate of drug-likeness (QED) is 0.352. The van der Waals surface area contributed by atoms with Crippen molar-refractivity contribution in [2.24, 2.45) is 9.98 Å². The summed E-state index contributed by atoms with van der Waals surface area (Å²) in [7, 11) is -0.671. The van der Waals surface area contributed by atoms with Gasteiger partial charge in [-0.25, -0.2) is 22.8 Å². The number of nitrogens with one attached hydrogen (secondary N) is 1. The zero-order valence-electron chi connectivity index (χ0n) is 22.5. The van der Waals surface area contributed by atoms with Gasteiger partial charge in [0.1, 0.15) is 17.2 Å². The lowest BCUT2D eigenvalue weighted by Crippen LogP contribution is -2.25. The number of carbonyl (C=O) groups excluding carboxylic acids is 1. The average molecular weight is 572 g/mol. The SMILES string of the molecule is CNC(=O)c1c(-c2ccc(F)cc2)oc2cc(N(C)S(C)(=O)=O)c(-c3cccc(C4CN5C=CC=NC5=N4)c3)cc12. The molecule has 0 aliphatic carbocycles. The van der Waals surface area contributed by atoms with Gasteiger partial charge in [-0.2, -0.15) is 0 Å². The van der Waals surface area contributed by atoms with Gasteiger partial charge >= 0.3 is 0 Å². The highest BCUT2D eigenvalue weighted by molar-refractivity contribution is 7.92. The minimum atomic E-state index is -3.66. The van der Waals surface area contributed by atoms with Crippen LogP contribution in [0.5, 0.6) is 0 Å². The Morgan fingerprint density at radius 1 is 1.12 bits per heavy atom. The van der Waals surface area contributed by atoms with E-state index in [1.54, 1.807) is 18.3 Å². The van der Waals surface area contributed by atoms with Gasteiger partial charge < -0.3 is 14.6 Å². The molecule has 1 amide bonds. The minimum Gasteiger partial charge on any atom is -0.455 e. The van der Waals surface area contributed by atoms with E-state index in [4.69, 9.17) is 9.41 Å². The Morgan fingerprint density at radius 2 is 1.90 bits per heavy atom. The van der Waals surface area contributed by atoms with Gasteiger partial charge in [0.05, 0.1) is 30.1 Å². The maximum Gasteiger partial charge on any atom is 0.255 e. The second kappa shape index (κ2) is 10.0. The fourth-order valence-electron chi connectivity index (χ4n) is 5.06. The van der Waals surface area contributed by atoms with Gasteiger partial charge in [-0.05, 0) is 53.6 Å². The summed E-state index contributed by atoms with van der Waals surface area (Å²) in [5.74, 6) is 0.0879. The molecule has 41 heavy (non-hydrogen) atoms. The van der Waals surface area contributed by atoms with E-state index in [0.29, 0.717) is 40.3 Å². The van der Waals surface area contributed by atoms with Crippen LogP contribution < -0.4 is 9.62 Å². The molecule has 1 unspecified atom stereocenters. The maximum atomic E-state index is 13.7. The van der Waals surface area contributed by atoms with Gasteiger partial charge in [0.15, 0.2) is 0 Å². The Kier molecular flexibility index (Phi) is 6.46. The number of carbonyl (C=O) groups is 1. The molecule has 2 aliphatic heterocycles. The van der Waals surface area contributed by atoms with E-state index in [2.05, 4.69) is 10.3 Å². The van der Waals surface area contributed by atoms with E-state index in [1.165, 1.54) is 42.7 Å². The number of hydrogen-bond donors (Lipinski definition) is 1. The summed E-state index contributed by atoms with van der Waals surface area (Å²) in [5.41, 5.74) is 3.74. The van der Waals surface area contributed by atoms with Crippen LogP contribution in [-0.2, 0) is 10.0 Å². The van der Waals surface area contributed by atoms with E-state index in [1.807, 2.05) is 41.4 Å². The number of aliphatic imine (C=N–C) groups is 2. The van der Waals surface area contributed by atoms with Crippen LogP contribution in [0.25, 0.3) is 33.4 Å². The lowest BCUT2D eigenvalue weighted by molar-refractivity contribution is 0.0964. The summed E-state index contributed by atoms with van der Waals surface area (Å²) in [4.78, 5) is 24.2. The largest absolute Gasteiger partial charge is 0.455 e. The van der Waals surface area contributed by atoms with E-state index in [9.17, 15) is 17.6 Å². The number of hydrogen-bond acceptors (Lipinski definition) is 7. The molecular formula is C30H26FN5O4S. The second-order valence-electron chi connectivity index (χ2n) is 9.83. The zero-order valence-corrected chi connectivity index (χ0v) is 23.3. The molecule has 0 saturated heterocycles. The van der Waals surface area contributed by atoms with Crippen LogP contribution in [0, 0.1) is 5.82 Å². The van der Waals surface area contributed by atoms with Crippen molar-refractivity contribution in [1.82, 2.24) is 10.2 Å². The van der Waals surface area contributed by atoms with Crippen molar-refractivity contribution in [2.45, 2.75) is 6.04 Å². The number of amides is 1. The normalized spacial score (nSPS) is 16.1. The molecule has 2 aliphatic rings. The molecule has 1 N–H and O–H groups in total. The third-order valence-electron chi connectivity index (χ3n) is 7.23. The molecule has 208 valence electrons. The van der Waals surface area contributed by atoms with E-state index < -0.39 is 15.8 Å². The summed E-state index contributed by atoms with van der Waals surface area (Å²) in [5, 5.41) is 3.15. The zero-order chi connectivity index (χ0) is 28.9. The van der Waals surface area contributed by atoms with Crippen LogP contribution in [-0.4, -0.2) is 58.3 Å². The smallest absolute Gasteiger partial charge is 0.255 e. The Hall–Kier alpha value is -4.77. The number of rotatable bonds is 6. The molecule has 0 radical (unpaired) electrons. The summed E-state index contributed by atoms with van der Waals surface area (Å²) in [6, 6.07) is 16.6. The molecule has 9 nitrogen and oxygen atoms in total. The fraction of sp³-hybridized carbons (Fsp3) is 0.167. The molecule has 11 heteroatoms. The lowest BCUT2D eigenvalue weighted by Gasteiger charge is -2.21. The average Bonchev–Trinajstić information content (AvgIpc) is 3.57. The van der Waals surface area contributed by atoms with Gasteiger partial charge in [-0.3, -0.25) is 9.10 Å². The van der Waals surface area contributed by atoms with Crippen molar-refractivity contribution < 1.29 is 22.0 Å². The number of sulfonamides is 1. The summed E-state index contributed by atoms with van der Waals surface area (Å²) < 4.78 is 46.4. The van der Waals surface area contributed by atoms with Crippen LogP contribution in [0.3, 0.4) is 0 Å². The van der Waals surface area contributed by atoms with E-state index in [0.717, 1.165) is 17.4 Å². The van der Waals surface area contributed by atoms with Crippen LogP contribution in [0.4, 0.5) is 10.1 Å². The number of furan rings is 1. The van der Waals surface area contributed by atoms with Gasteiger partial charge in [-0.1, -0.05) is 18.2 Å². The summed E-state index contributed by atoms with van der Waals surface area (Å²) in [6.45, 7) is 0.630. The second-order valence-corrected chi connectivity index (χ2v) is 11.8. The highest BCUT2D eigenvalue weighted by atomic mass is 32.2. The Morgan fingerprint density at radius 3 is 2.61 bits per heavy atom. The molecule has 0 bridgehead atoms. The molecule has 0 spiro atoms. The van der Waals surface area contributed by atoms with Gasteiger partial charge in [0, 0.05) is 49.1 Å². The third kappa shape index (κ3) is 4.78. The first kappa shape index (κ1) is 26.5. The number of allylic oxidation sites excluding steroid dienone is 1. The third-order valence-corrected chi connectivity index (χ3v) is 8.42. The highest BCUT2D eigenvalue weighted by Crippen LogP contribution is 2.42. The van der Waals surface area contributed by atoms with Crippen molar-refractivity contribution in [1.29, 1.82) is 0 Å². The molecule has 0 saturated carbocycles. The van der Waals surface area contributed by atoms with Crippen molar-refractivity contribution in [2.75, 3.05) is 31.2 Å². The van der Waals surface area contributed by atoms with Crippen molar-refractivity contribution >= 4 is 44.8 Å². The molecule has 0 fully saturated rings. The van der Waals surface area contributed by atoms with Gasteiger partial charge in [-0.15, -0.1) is 0 Å². The first-order valence-electron chi connectivity index (χ1n) is 12.8. The molecular weight excluding hydrogens is 545 g/mol. The highest BCUT2D eigenvalue weighted by Gasteiger charge is 2.28. The predicted molar refractivity (Wildman–Crippen MR) is 158 cm³/mol. The standard InChI is InChI=1S/C30H26FN5O4S/c1-32-29(37)27-23-15-22(19-6-4-7-20(14-19)24-17-36-13-5-12-33-30(36)34-24)25(35(2)41(3,38)39)16-26(23)40-28(27)18-8-10-21(31)11-9-18/h4-16,24H,17H2,1-3H3,(H,32,37). The number of fused-ring (bicyclic) bond motifs is 2. The maximum absolute atomic E-state index is 13.7. The van der Waals surface area contributed by atoms with Gasteiger partial charge in [0.2, 0.25) is 16.0 Å². The van der Waals surface area contributed by atoms with Crippen LogP contribution in [0.15, 0.2) is 87.3 Å². The lowest BCUT2D eigenvalue weighted by atomic mass is 9.96. The summed E-state index contributed by atoms with van der Waals surface area (Å²) in [6.07, 6.45) is 6.61. The van der Waals surface area contributed by atoms with Crippen LogP contribution >= 0.6 is 0 Å². The fourth-order valence-corrected chi connectivity index (χ4v) is 5.57. The molecule has 1 aromatic heterocycles. The van der Waals surface area contributed by atoms with Crippen molar-refractivity contribution in [3.8, 4) is 22.5 Å². The number of benzene rings is 3. The van der Waals surface area contributed by atoms with Gasteiger partial charge in [0.25, 0.3) is 5.91 Å². The molecule has 3 aromatic carbocycles. The van der Waals surface area contributed by atoms with Crippen LogP contribution in [0.1, 0.15) is 22.0 Å². The van der Waals surface area contributed by atoms with Crippen molar-refractivity contribution in [3.63, 3.8) is 0 Å². The number of anilines is 1. The Balaban J connectivity index is 1.56. The Bertz CT molecular complexity index is 1890. The first-order chi connectivity index (χ1) is 19.6. The number of nitrogens with zero attached hydrogens (tertiary/aromatic N) is 4. The van der Waals surface area contributed by atoms with Crippen LogP contribution in [0.2, 0.25) is 0 Å². The van der Waals surface area contributed by atoms with E-state index in [-0.39, 0.29) is 23.3 Å². The first-order valence-corrected chi connectivity index (χ1v) is 14.7. The monoisotopic (exact) mass is 571 g/mol. The molecule has 1 atom stereocenters. The topological polar surface area (TPSA) is 108 Å². The van der Waals surface area contributed by atoms with Crippen molar-refractivity contribution in [3.05, 3.63) is 89.9 Å². The minimum absolute atomic E-state index is 0.162. The number of guanidine groups is 1.